The van der Waals surface area contributed by atoms with Gasteiger partial charge in [0.1, 0.15) is 0 Å². The predicted octanol–water partition coefficient (Wildman–Crippen LogP) is 6.92. The molecule has 0 amide bonds. The van der Waals surface area contributed by atoms with Crippen molar-refractivity contribution in [1.82, 2.24) is 0 Å². The van der Waals surface area contributed by atoms with E-state index < -0.39 is 26.8 Å². The molecule has 0 fully saturated rings. The summed E-state index contributed by atoms with van der Waals surface area (Å²) in [6, 6.07) is 7.67. The van der Waals surface area contributed by atoms with Gasteiger partial charge in [-0.25, -0.2) is 8.79 Å². The van der Waals surface area contributed by atoms with E-state index in [1.54, 1.807) is 0 Å². The minimum absolute atomic E-state index is 0.192. The first-order chi connectivity index (χ1) is 12.7. The molecule has 2 aliphatic rings. The minimum Gasteiger partial charge on any atom is -0.219 e. The molecular formula is C19H13Cl2F4NS. The molecule has 0 saturated heterocycles. The SMILES string of the molecule is Fc1c(Cl)cc(C2(C(F)(F)F)CC(c3cccc4c3CCC4)=NS2)cc1Cl. The summed E-state index contributed by atoms with van der Waals surface area (Å²) >= 11 is 12.0. The highest BCUT2D eigenvalue weighted by Crippen LogP contribution is 2.57. The van der Waals surface area contributed by atoms with Crippen LogP contribution >= 0.6 is 35.1 Å². The molecule has 1 atom stereocenters. The van der Waals surface area contributed by atoms with E-state index in [9.17, 15) is 17.6 Å². The Balaban J connectivity index is 1.79. The van der Waals surface area contributed by atoms with Gasteiger partial charge in [0.15, 0.2) is 10.6 Å². The second-order valence-corrected chi connectivity index (χ2v) is 8.56. The van der Waals surface area contributed by atoms with Crippen molar-refractivity contribution in [3.63, 3.8) is 0 Å². The molecule has 0 aromatic heterocycles. The summed E-state index contributed by atoms with van der Waals surface area (Å²) in [7, 11) is 0. The van der Waals surface area contributed by atoms with Gasteiger partial charge in [0.25, 0.3) is 0 Å². The maximum absolute atomic E-state index is 14.2. The highest BCUT2D eigenvalue weighted by molar-refractivity contribution is 7.99. The zero-order chi connectivity index (χ0) is 19.4. The Hall–Kier alpha value is -1.24. The second kappa shape index (κ2) is 6.68. The van der Waals surface area contributed by atoms with Crippen LogP contribution in [-0.2, 0) is 17.6 Å². The van der Waals surface area contributed by atoms with Crippen molar-refractivity contribution in [2.45, 2.75) is 36.6 Å². The summed E-state index contributed by atoms with van der Waals surface area (Å²) in [5, 5.41) is -0.869. The Morgan fingerprint density at radius 1 is 1.07 bits per heavy atom. The maximum Gasteiger partial charge on any atom is 0.409 e. The van der Waals surface area contributed by atoms with Gasteiger partial charge in [0, 0.05) is 12.0 Å². The summed E-state index contributed by atoms with van der Waals surface area (Å²) in [6.07, 6.45) is -2.22. The Morgan fingerprint density at radius 3 is 2.44 bits per heavy atom. The van der Waals surface area contributed by atoms with E-state index in [0.29, 0.717) is 17.7 Å². The standard InChI is InChI=1S/C19H13Cl2F4NS/c20-14-7-11(8-15(21)17(14)22)18(19(23,24)25)9-16(26-27-18)13-6-2-4-10-3-1-5-12(10)13/h2,4,6-8H,1,3,5,9H2. The first kappa shape index (κ1) is 19.1. The lowest BCUT2D eigenvalue weighted by Crippen LogP contribution is -2.38. The molecule has 142 valence electrons. The van der Waals surface area contributed by atoms with Crippen LogP contribution in [0.2, 0.25) is 10.0 Å². The van der Waals surface area contributed by atoms with Crippen LogP contribution in [0.1, 0.15) is 35.1 Å². The number of aryl methyl sites for hydroxylation is 1. The third-order valence-corrected chi connectivity index (χ3v) is 6.88. The zero-order valence-electron chi connectivity index (χ0n) is 13.8. The van der Waals surface area contributed by atoms with Crippen LogP contribution < -0.4 is 0 Å². The lowest BCUT2D eigenvalue weighted by molar-refractivity contribution is -0.159. The van der Waals surface area contributed by atoms with Crippen molar-refractivity contribution in [1.29, 1.82) is 0 Å². The average molecular weight is 434 g/mol. The molecule has 1 heterocycles. The molecule has 8 heteroatoms. The van der Waals surface area contributed by atoms with E-state index in [1.165, 1.54) is 0 Å². The number of rotatable bonds is 2. The molecule has 2 aromatic rings. The van der Waals surface area contributed by atoms with E-state index in [0.717, 1.165) is 48.1 Å². The van der Waals surface area contributed by atoms with Crippen molar-refractivity contribution in [2.24, 2.45) is 4.40 Å². The van der Waals surface area contributed by atoms with Crippen LogP contribution in [0, 0.1) is 5.82 Å². The number of nitrogens with zero attached hydrogens (tertiary/aromatic N) is 1. The first-order valence-corrected chi connectivity index (χ1v) is 9.84. The summed E-state index contributed by atoms with van der Waals surface area (Å²) in [6.45, 7) is 0. The summed E-state index contributed by atoms with van der Waals surface area (Å²) in [5.74, 6) is -0.926. The van der Waals surface area contributed by atoms with Crippen LogP contribution in [-0.4, -0.2) is 11.9 Å². The number of hydrogen-bond donors (Lipinski definition) is 0. The smallest absolute Gasteiger partial charge is 0.219 e. The quantitative estimate of drug-likeness (QED) is 0.284. The summed E-state index contributed by atoms with van der Waals surface area (Å²) in [4.78, 5) is 0. The van der Waals surface area contributed by atoms with E-state index in [1.807, 2.05) is 18.2 Å². The van der Waals surface area contributed by atoms with Crippen LogP contribution in [0.25, 0.3) is 0 Å². The molecule has 0 radical (unpaired) electrons. The van der Waals surface area contributed by atoms with Gasteiger partial charge in [-0.2, -0.15) is 13.2 Å². The molecule has 1 aliphatic carbocycles. The van der Waals surface area contributed by atoms with Gasteiger partial charge in [-0.1, -0.05) is 41.4 Å². The molecule has 0 bridgehead atoms. The average Bonchev–Trinajstić information content (AvgIpc) is 3.26. The van der Waals surface area contributed by atoms with Gasteiger partial charge in [-0.15, -0.1) is 0 Å². The molecule has 1 aliphatic heterocycles. The Kier molecular flexibility index (Phi) is 4.72. The van der Waals surface area contributed by atoms with Crippen LogP contribution in [0.4, 0.5) is 17.6 Å². The Labute approximate surface area is 167 Å². The van der Waals surface area contributed by atoms with Gasteiger partial charge < -0.3 is 0 Å². The van der Waals surface area contributed by atoms with Crippen molar-refractivity contribution >= 4 is 40.9 Å². The summed E-state index contributed by atoms with van der Waals surface area (Å²) < 4.78 is 58.0. The normalized spacial score (nSPS) is 22.1. The molecule has 0 spiro atoms. The fourth-order valence-corrected chi connectivity index (χ4v) is 5.17. The molecule has 4 rings (SSSR count). The molecular weight excluding hydrogens is 421 g/mol. The number of alkyl halides is 3. The van der Waals surface area contributed by atoms with Crippen molar-refractivity contribution < 1.29 is 17.6 Å². The van der Waals surface area contributed by atoms with Crippen LogP contribution in [0.3, 0.4) is 0 Å². The van der Waals surface area contributed by atoms with Crippen LogP contribution in [0.15, 0.2) is 34.7 Å². The molecule has 2 aromatic carbocycles. The fraction of sp³-hybridized carbons (Fsp3) is 0.316. The van der Waals surface area contributed by atoms with Gasteiger partial charge in [0.2, 0.25) is 0 Å². The highest BCUT2D eigenvalue weighted by Gasteiger charge is 2.60. The Morgan fingerprint density at radius 2 is 1.78 bits per heavy atom. The molecule has 0 saturated carbocycles. The van der Waals surface area contributed by atoms with E-state index >= 15 is 0 Å². The topological polar surface area (TPSA) is 12.4 Å². The lowest BCUT2D eigenvalue weighted by Gasteiger charge is -2.30. The Bertz CT molecular complexity index is 934. The largest absolute Gasteiger partial charge is 0.409 e. The summed E-state index contributed by atoms with van der Waals surface area (Å²) in [5.41, 5.74) is 3.21. The maximum atomic E-state index is 14.2. The molecule has 1 unspecified atom stereocenters. The fourth-order valence-electron chi connectivity index (χ4n) is 3.73. The van der Waals surface area contributed by atoms with Crippen molar-refractivity contribution in [2.75, 3.05) is 0 Å². The van der Waals surface area contributed by atoms with Gasteiger partial charge in [0.05, 0.1) is 15.8 Å². The molecule has 0 N–H and O–H groups in total. The minimum atomic E-state index is -4.62. The van der Waals surface area contributed by atoms with Crippen molar-refractivity contribution in [3.8, 4) is 0 Å². The third-order valence-electron chi connectivity index (χ3n) is 5.09. The molecule has 27 heavy (non-hydrogen) atoms. The zero-order valence-corrected chi connectivity index (χ0v) is 16.2. The first-order valence-electron chi connectivity index (χ1n) is 8.31. The monoisotopic (exact) mass is 433 g/mol. The van der Waals surface area contributed by atoms with Crippen LogP contribution in [0.5, 0.6) is 0 Å². The highest BCUT2D eigenvalue weighted by atomic mass is 35.5. The van der Waals surface area contributed by atoms with E-state index in [2.05, 4.69) is 4.40 Å². The van der Waals surface area contributed by atoms with Gasteiger partial charge in [-0.3, -0.25) is 0 Å². The lowest BCUT2D eigenvalue weighted by atomic mass is 9.87. The third kappa shape index (κ3) is 3.06. The van der Waals surface area contributed by atoms with Gasteiger partial charge >= 0.3 is 6.18 Å². The number of halogens is 6. The number of benzene rings is 2. The second-order valence-electron chi connectivity index (χ2n) is 6.68. The van der Waals surface area contributed by atoms with E-state index in [4.69, 9.17) is 23.2 Å². The van der Waals surface area contributed by atoms with Crippen molar-refractivity contribution in [3.05, 3.63) is 68.4 Å². The van der Waals surface area contributed by atoms with E-state index in [-0.39, 0.29) is 12.0 Å². The predicted molar refractivity (Wildman–Crippen MR) is 101 cm³/mol. The number of hydrogen-bond acceptors (Lipinski definition) is 2. The van der Waals surface area contributed by atoms with Gasteiger partial charge in [-0.05, 0) is 60.0 Å². The number of fused-ring (bicyclic) bond motifs is 1. The molecule has 1 nitrogen and oxygen atoms in total.